The van der Waals surface area contributed by atoms with Gasteiger partial charge >= 0.3 is 12.4 Å². The van der Waals surface area contributed by atoms with Crippen molar-refractivity contribution < 1.29 is 30.7 Å². The van der Waals surface area contributed by atoms with Gasteiger partial charge in [0.05, 0.1) is 5.75 Å². The maximum atomic E-state index is 13.7. The predicted octanol–water partition coefficient (Wildman–Crippen LogP) is 5.83. The van der Waals surface area contributed by atoms with Crippen molar-refractivity contribution >= 4 is 23.2 Å². The lowest BCUT2D eigenvalue weighted by molar-refractivity contribution is -0.105. The number of aliphatic imine (C=N–C) groups is 1. The number of benzene rings is 1. The van der Waals surface area contributed by atoms with E-state index < -0.39 is 41.7 Å². The summed E-state index contributed by atoms with van der Waals surface area (Å²) < 4.78 is 88.1. The Hall–Kier alpha value is -1.25. The third-order valence-corrected chi connectivity index (χ3v) is 3.78. The molecule has 1 aromatic carbocycles. The highest BCUT2D eigenvalue weighted by molar-refractivity contribution is 7.99. The van der Waals surface area contributed by atoms with Gasteiger partial charge in [-0.2, -0.15) is 26.3 Å². The van der Waals surface area contributed by atoms with E-state index in [-0.39, 0.29) is 10.5 Å². The lowest BCUT2D eigenvalue weighted by Gasteiger charge is -2.12. The molecule has 0 radical (unpaired) electrons. The molecular weight excluding hydrogens is 335 g/mol. The van der Waals surface area contributed by atoms with Crippen LogP contribution in [0.3, 0.4) is 0 Å². The van der Waals surface area contributed by atoms with Crippen molar-refractivity contribution in [3.8, 4) is 0 Å². The zero-order valence-electron chi connectivity index (χ0n) is 11.6. The molecule has 22 heavy (non-hydrogen) atoms. The second kappa shape index (κ2) is 6.89. The molecule has 0 unspecified atom stereocenters. The molecule has 0 fully saturated rings. The van der Waals surface area contributed by atoms with E-state index in [1.807, 2.05) is 0 Å². The Morgan fingerprint density at radius 3 is 2.18 bits per heavy atom. The Kier molecular flexibility index (Phi) is 5.89. The third kappa shape index (κ3) is 5.51. The SMILES string of the molecule is CCC(=Nc1cc(SCC(F)(F)F)c(C)cc1F)C(F)(F)F. The summed E-state index contributed by atoms with van der Waals surface area (Å²) >= 11 is 0.377. The van der Waals surface area contributed by atoms with Crippen LogP contribution in [-0.2, 0) is 0 Å². The Morgan fingerprint density at radius 1 is 1.14 bits per heavy atom. The molecule has 0 saturated heterocycles. The zero-order chi connectivity index (χ0) is 17.1. The summed E-state index contributed by atoms with van der Waals surface area (Å²) in [6.45, 7) is 2.58. The maximum Gasteiger partial charge on any atom is 0.429 e. The van der Waals surface area contributed by atoms with Gasteiger partial charge in [0.25, 0.3) is 0 Å². The van der Waals surface area contributed by atoms with Crippen molar-refractivity contribution in [2.24, 2.45) is 4.99 Å². The smallest absolute Gasteiger partial charge is 0.245 e. The molecule has 0 atom stereocenters. The summed E-state index contributed by atoms with van der Waals surface area (Å²) in [7, 11) is 0. The van der Waals surface area contributed by atoms with Crippen molar-refractivity contribution in [1.29, 1.82) is 0 Å². The van der Waals surface area contributed by atoms with Crippen LogP contribution in [0.2, 0.25) is 0 Å². The van der Waals surface area contributed by atoms with E-state index in [0.29, 0.717) is 11.8 Å². The molecule has 124 valence electrons. The van der Waals surface area contributed by atoms with Crippen molar-refractivity contribution in [1.82, 2.24) is 0 Å². The molecule has 0 N–H and O–H groups in total. The highest BCUT2D eigenvalue weighted by Gasteiger charge is 2.34. The van der Waals surface area contributed by atoms with Crippen LogP contribution in [-0.4, -0.2) is 23.8 Å². The summed E-state index contributed by atoms with van der Waals surface area (Å²) in [5, 5.41) is 0. The minimum atomic E-state index is -4.72. The van der Waals surface area contributed by atoms with Gasteiger partial charge < -0.3 is 0 Å². The van der Waals surface area contributed by atoms with Gasteiger partial charge in [-0.05, 0) is 31.0 Å². The monoisotopic (exact) mass is 347 g/mol. The molecule has 0 saturated carbocycles. The molecule has 0 aliphatic carbocycles. The molecule has 9 heteroatoms. The van der Waals surface area contributed by atoms with Crippen molar-refractivity contribution in [3.05, 3.63) is 23.5 Å². The lowest BCUT2D eigenvalue weighted by Crippen LogP contribution is -2.21. The van der Waals surface area contributed by atoms with E-state index in [9.17, 15) is 30.7 Å². The molecule has 0 heterocycles. The summed E-state index contributed by atoms with van der Waals surface area (Å²) in [5.41, 5.74) is -1.61. The van der Waals surface area contributed by atoms with Crippen LogP contribution in [0.15, 0.2) is 22.0 Å². The first-order valence-electron chi connectivity index (χ1n) is 6.08. The quantitative estimate of drug-likeness (QED) is 0.379. The fraction of sp³-hybridized carbons (Fsp3) is 0.462. The standard InChI is InChI=1S/C13H12F7NS/c1-3-11(13(18,19)20)21-9-5-10(7(2)4-8(9)14)22-6-12(15,16)17/h4-5H,3,6H2,1-2H3. The van der Waals surface area contributed by atoms with Crippen LogP contribution in [0.25, 0.3) is 0 Å². The first-order valence-corrected chi connectivity index (χ1v) is 7.07. The van der Waals surface area contributed by atoms with Gasteiger partial charge in [-0.25, -0.2) is 9.38 Å². The average Bonchev–Trinajstić information content (AvgIpc) is 2.33. The second-order valence-electron chi connectivity index (χ2n) is 4.38. The van der Waals surface area contributed by atoms with E-state index >= 15 is 0 Å². The summed E-state index contributed by atoms with van der Waals surface area (Å²) in [6, 6.07) is 1.78. The summed E-state index contributed by atoms with van der Waals surface area (Å²) in [6.07, 6.45) is -9.62. The van der Waals surface area contributed by atoms with E-state index in [1.165, 1.54) is 13.8 Å². The van der Waals surface area contributed by atoms with E-state index in [2.05, 4.69) is 4.99 Å². The molecule has 1 rings (SSSR count). The second-order valence-corrected chi connectivity index (χ2v) is 5.40. The lowest BCUT2D eigenvalue weighted by atomic mass is 10.2. The van der Waals surface area contributed by atoms with Crippen molar-refractivity contribution in [2.75, 3.05) is 5.75 Å². The Morgan fingerprint density at radius 2 is 1.73 bits per heavy atom. The molecule has 1 aromatic rings. The first kappa shape index (κ1) is 18.8. The van der Waals surface area contributed by atoms with Gasteiger partial charge in [-0.3, -0.25) is 0 Å². The molecular formula is C13H12F7NS. The van der Waals surface area contributed by atoms with E-state index in [0.717, 1.165) is 12.1 Å². The van der Waals surface area contributed by atoms with Crippen molar-refractivity contribution in [3.63, 3.8) is 0 Å². The number of rotatable bonds is 4. The van der Waals surface area contributed by atoms with E-state index in [4.69, 9.17) is 0 Å². The summed E-state index contributed by atoms with van der Waals surface area (Å²) in [5.74, 6) is -2.23. The normalized spacial score (nSPS) is 13.6. The number of hydrogen-bond acceptors (Lipinski definition) is 2. The molecule has 0 aliphatic rings. The first-order chi connectivity index (χ1) is 9.94. The Labute approximate surface area is 126 Å². The minimum absolute atomic E-state index is 0.0371. The number of aryl methyl sites for hydroxylation is 1. The van der Waals surface area contributed by atoms with Crippen LogP contribution in [0.1, 0.15) is 18.9 Å². The van der Waals surface area contributed by atoms with Crippen LogP contribution in [0, 0.1) is 12.7 Å². The predicted molar refractivity (Wildman–Crippen MR) is 71.4 cm³/mol. The largest absolute Gasteiger partial charge is 0.429 e. The minimum Gasteiger partial charge on any atom is -0.245 e. The van der Waals surface area contributed by atoms with Gasteiger partial charge in [-0.1, -0.05) is 6.92 Å². The average molecular weight is 347 g/mol. The fourth-order valence-corrected chi connectivity index (χ4v) is 2.33. The molecule has 0 aromatic heterocycles. The van der Waals surface area contributed by atoms with Gasteiger partial charge in [0, 0.05) is 4.90 Å². The molecule has 0 spiro atoms. The summed E-state index contributed by atoms with van der Waals surface area (Å²) in [4.78, 5) is 3.25. The number of nitrogens with zero attached hydrogens (tertiary/aromatic N) is 1. The number of thioether (sulfide) groups is 1. The number of alkyl halides is 6. The van der Waals surface area contributed by atoms with Crippen LogP contribution in [0.4, 0.5) is 36.4 Å². The number of hydrogen-bond donors (Lipinski definition) is 0. The van der Waals surface area contributed by atoms with Gasteiger partial charge in [0.1, 0.15) is 17.2 Å². The number of halogens is 7. The third-order valence-electron chi connectivity index (χ3n) is 2.55. The highest BCUT2D eigenvalue weighted by Crippen LogP contribution is 2.34. The Bertz CT molecular complexity index is 561. The van der Waals surface area contributed by atoms with Crippen LogP contribution in [0.5, 0.6) is 0 Å². The molecule has 0 bridgehead atoms. The van der Waals surface area contributed by atoms with Crippen molar-refractivity contribution in [2.45, 2.75) is 37.5 Å². The topological polar surface area (TPSA) is 12.4 Å². The fourth-order valence-electron chi connectivity index (χ4n) is 1.53. The molecule has 1 nitrogen and oxygen atoms in total. The zero-order valence-corrected chi connectivity index (χ0v) is 12.4. The Balaban J connectivity index is 3.19. The van der Waals surface area contributed by atoms with Crippen LogP contribution >= 0.6 is 11.8 Å². The van der Waals surface area contributed by atoms with E-state index in [1.54, 1.807) is 0 Å². The van der Waals surface area contributed by atoms with Crippen LogP contribution < -0.4 is 0 Å². The maximum absolute atomic E-state index is 13.7. The van der Waals surface area contributed by atoms with Gasteiger partial charge in [0.15, 0.2) is 0 Å². The molecule has 0 aliphatic heterocycles. The van der Waals surface area contributed by atoms with Gasteiger partial charge in [-0.15, -0.1) is 11.8 Å². The highest BCUT2D eigenvalue weighted by atomic mass is 32.2. The molecule has 0 amide bonds. The van der Waals surface area contributed by atoms with Gasteiger partial charge in [0.2, 0.25) is 0 Å².